The summed E-state index contributed by atoms with van der Waals surface area (Å²) in [7, 11) is 0. The smallest absolute Gasteiger partial charge is 0.421 e. The Balaban J connectivity index is 1.27. The van der Waals surface area contributed by atoms with Gasteiger partial charge in [0.25, 0.3) is 5.91 Å². The lowest BCUT2D eigenvalue weighted by Gasteiger charge is -2.32. The maximum absolute atomic E-state index is 12.8. The number of aromatic nitrogens is 4. The molecule has 1 saturated carbocycles. The summed E-state index contributed by atoms with van der Waals surface area (Å²) in [5.74, 6) is -0.655. The van der Waals surface area contributed by atoms with Crippen molar-refractivity contribution in [3.63, 3.8) is 0 Å². The number of ether oxygens (including phenoxy) is 1. The first-order chi connectivity index (χ1) is 15.9. The summed E-state index contributed by atoms with van der Waals surface area (Å²) in [6.07, 6.45) is -7.71. The molecule has 0 aromatic carbocycles. The Morgan fingerprint density at radius 3 is 2.59 bits per heavy atom. The highest BCUT2D eigenvalue weighted by molar-refractivity contribution is 5.92. The zero-order valence-corrected chi connectivity index (χ0v) is 17.3. The molecule has 3 heterocycles. The zero-order chi connectivity index (χ0) is 24.7. The van der Waals surface area contributed by atoms with E-state index in [1.165, 1.54) is 6.20 Å². The number of carbonyl (C=O) groups excluding carboxylic acids is 1. The van der Waals surface area contributed by atoms with Crippen molar-refractivity contribution in [2.45, 2.75) is 43.8 Å². The van der Waals surface area contributed by atoms with E-state index in [0.29, 0.717) is 5.57 Å². The van der Waals surface area contributed by atoms with Crippen LogP contribution in [0.4, 0.5) is 26.3 Å². The molecule has 0 atom stereocenters. The van der Waals surface area contributed by atoms with E-state index in [1.54, 1.807) is 0 Å². The predicted molar refractivity (Wildman–Crippen MR) is 103 cm³/mol. The predicted octanol–water partition coefficient (Wildman–Crippen LogP) is 4.35. The molecule has 4 rings (SSSR count). The van der Waals surface area contributed by atoms with Gasteiger partial charge in [0.1, 0.15) is 11.3 Å². The molecule has 1 amide bonds. The van der Waals surface area contributed by atoms with Gasteiger partial charge < -0.3 is 14.1 Å². The third kappa shape index (κ3) is 5.38. The highest BCUT2D eigenvalue weighted by atomic mass is 19.4. The standard InChI is InChI=1S/C20H17F6N5O3/c1-10(17-29-30-18(33-17)11-6-13(7-11)34-20(24,25)26)4-5-27-16(32)14-9-31-8-12(19(21,22)23)2-3-15(31)28-14/h2-3,8-9,11,13H,1,4-7H2,(H,27,32)/t11-,13+. The monoisotopic (exact) mass is 489 g/mol. The molecule has 0 aliphatic heterocycles. The van der Waals surface area contributed by atoms with Crippen LogP contribution in [0.1, 0.15) is 53.0 Å². The molecule has 3 aromatic heterocycles. The highest BCUT2D eigenvalue weighted by Crippen LogP contribution is 2.41. The van der Waals surface area contributed by atoms with Crippen molar-refractivity contribution in [1.29, 1.82) is 0 Å². The van der Waals surface area contributed by atoms with Crippen molar-refractivity contribution in [1.82, 2.24) is 24.9 Å². The van der Waals surface area contributed by atoms with Crippen LogP contribution in [0.5, 0.6) is 0 Å². The van der Waals surface area contributed by atoms with E-state index in [-0.39, 0.29) is 54.8 Å². The fourth-order valence-electron chi connectivity index (χ4n) is 3.39. The minimum atomic E-state index is -4.69. The fourth-order valence-corrected chi connectivity index (χ4v) is 3.39. The van der Waals surface area contributed by atoms with Crippen molar-refractivity contribution in [3.8, 4) is 0 Å². The number of hydrogen-bond acceptors (Lipinski definition) is 6. The second kappa shape index (κ2) is 8.74. The lowest BCUT2D eigenvalue weighted by molar-refractivity contribution is -0.352. The second-order valence-electron chi connectivity index (χ2n) is 7.72. The molecular formula is C20H17F6N5O3. The topological polar surface area (TPSA) is 94.6 Å². The Morgan fingerprint density at radius 2 is 1.91 bits per heavy atom. The van der Waals surface area contributed by atoms with Crippen LogP contribution < -0.4 is 5.32 Å². The van der Waals surface area contributed by atoms with Crippen LogP contribution in [0, 0.1) is 0 Å². The number of pyridine rings is 1. The number of amides is 1. The van der Waals surface area contributed by atoms with E-state index in [9.17, 15) is 31.1 Å². The van der Waals surface area contributed by atoms with Gasteiger partial charge in [-0.15, -0.1) is 23.4 Å². The number of hydrogen-bond donors (Lipinski definition) is 1. The van der Waals surface area contributed by atoms with Gasteiger partial charge in [-0.25, -0.2) is 4.98 Å². The van der Waals surface area contributed by atoms with E-state index in [2.05, 4.69) is 31.8 Å². The molecule has 0 saturated heterocycles. The van der Waals surface area contributed by atoms with Crippen molar-refractivity contribution >= 4 is 17.1 Å². The molecule has 0 spiro atoms. The first kappa shape index (κ1) is 23.7. The average molecular weight is 489 g/mol. The van der Waals surface area contributed by atoms with Crippen LogP contribution in [0.3, 0.4) is 0 Å². The molecule has 0 radical (unpaired) electrons. The molecule has 1 fully saturated rings. The maximum atomic E-state index is 12.8. The van der Waals surface area contributed by atoms with Crippen LogP contribution in [0.2, 0.25) is 0 Å². The minimum Gasteiger partial charge on any atom is -0.421 e. The number of carbonyl (C=O) groups is 1. The van der Waals surface area contributed by atoms with Gasteiger partial charge in [0.15, 0.2) is 0 Å². The van der Waals surface area contributed by atoms with Gasteiger partial charge in [0.2, 0.25) is 11.8 Å². The number of imidazole rings is 1. The summed E-state index contributed by atoms with van der Waals surface area (Å²) >= 11 is 0. The molecule has 0 unspecified atom stereocenters. The van der Waals surface area contributed by atoms with Crippen molar-refractivity contribution < 1.29 is 40.3 Å². The largest absolute Gasteiger partial charge is 0.522 e. The Kier molecular flexibility index (Phi) is 6.10. The normalized spacial score (nSPS) is 18.6. The van der Waals surface area contributed by atoms with Crippen molar-refractivity contribution in [2.24, 2.45) is 0 Å². The number of fused-ring (bicyclic) bond motifs is 1. The molecule has 0 bridgehead atoms. The van der Waals surface area contributed by atoms with Gasteiger partial charge in [0.05, 0.1) is 11.7 Å². The summed E-state index contributed by atoms with van der Waals surface area (Å²) in [5.41, 5.74) is -0.360. The lowest BCUT2D eigenvalue weighted by atomic mass is 9.82. The summed E-state index contributed by atoms with van der Waals surface area (Å²) in [4.78, 5) is 16.3. The SMILES string of the molecule is C=C(CCNC(=O)c1cn2cc(C(F)(F)F)ccc2n1)c1nnc([C@H]2C[C@@H](OC(F)(F)F)C2)o1. The third-order valence-corrected chi connectivity index (χ3v) is 5.21. The number of alkyl halides is 6. The van der Waals surface area contributed by atoms with Crippen LogP contribution in [0.15, 0.2) is 35.5 Å². The summed E-state index contributed by atoms with van der Waals surface area (Å²) in [5, 5.41) is 10.2. The number of halogens is 6. The van der Waals surface area contributed by atoms with Gasteiger partial charge in [-0.3, -0.25) is 9.53 Å². The molecule has 3 aromatic rings. The van der Waals surface area contributed by atoms with Crippen LogP contribution in [0.25, 0.3) is 11.2 Å². The Labute approximate surface area is 187 Å². The molecule has 34 heavy (non-hydrogen) atoms. The molecule has 8 nitrogen and oxygen atoms in total. The van der Waals surface area contributed by atoms with E-state index in [1.807, 2.05) is 0 Å². The van der Waals surface area contributed by atoms with Gasteiger partial charge in [-0.1, -0.05) is 6.58 Å². The third-order valence-electron chi connectivity index (χ3n) is 5.21. The van der Waals surface area contributed by atoms with Gasteiger partial charge in [-0.2, -0.15) is 13.2 Å². The first-order valence-corrected chi connectivity index (χ1v) is 9.99. The number of rotatable bonds is 7. The summed E-state index contributed by atoms with van der Waals surface area (Å²) < 4.78 is 85.6. The lowest BCUT2D eigenvalue weighted by Crippen LogP contribution is -2.34. The van der Waals surface area contributed by atoms with Crippen molar-refractivity contribution in [3.05, 3.63) is 54.1 Å². The zero-order valence-electron chi connectivity index (χ0n) is 17.3. The Hall–Kier alpha value is -3.42. The highest BCUT2D eigenvalue weighted by Gasteiger charge is 2.42. The molecule has 182 valence electrons. The van der Waals surface area contributed by atoms with Crippen molar-refractivity contribution in [2.75, 3.05) is 6.54 Å². The van der Waals surface area contributed by atoms with E-state index in [4.69, 9.17) is 4.42 Å². The van der Waals surface area contributed by atoms with E-state index < -0.39 is 30.1 Å². The van der Waals surface area contributed by atoms with Gasteiger partial charge in [0, 0.05) is 30.4 Å². The summed E-state index contributed by atoms with van der Waals surface area (Å²) in [6.45, 7) is 3.89. The van der Waals surface area contributed by atoms with Gasteiger partial charge >= 0.3 is 12.5 Å². The van der Waals surface area contributed by atoms with Crippen LogP contribution in [-0.2, 0) is 10.9 Å². The molecule has 1 aliphatic rings. The fraction of sp³-hybridized carbons (Fsp3) is 0.400. The second-order valence-corrected chi connectivity index (χ2v) is 7.72. The minimum absolute atomic E-state index is 0.0642. The molecule has 14 heteroatoms. The number of nitrogens with zero attached hydrogens (tertiary/aromatic N) is 4. The Morgan fingerprint density at radius 1 is 1.18 bits per heavy atom. The molecule has 1 N–H and O–H groups in total. The first-order valence-electron chi connectivity index (χ1n) is 9.99. The van der Waals surface area contributed by atoms with Crippen LogP contribution in [-0.4, -0.2) is 44.5 Å². The van der Waals surface area contributed by atoms with Gasteiger partial charge in [-0.05, 0) is 31.4 Å². The molecule has 1 aliphatic carbocycles. The number of nitrogens with one attached hydrogen (secondary N) is 1. The van der Waals surface area contributed by atoms with E-state index in [0.717, 1.165) is 22.7 Å². The van der Waals surface area contributed by atoms with E-state index >= 15 is 0 Å². The molecular weight excluding hydrogens is 472 g/mol. The van der Waals surface area contributed by atoms with Crippen LogP contribution >= 0.6 is 0 Å². The maximum Gasteiger partial charge on any atom is 0.522 e. The quantitative estimate of drug-likeness (QED) is 0.496. The Bertz CT molecular complexity index is 1210. The summed E-state index contributed by atoms with van der Waals surface area (Å²) in [6, 6.07) is 2.04. The average Bonchev–Trinajstić information content (AvgIpc) is 3.35.